The Morgan fingerprint density at radius 1 is 0.729 bits per heavy atom. The van der Waals surface area contributed by atoms with Crippen LogP contribution in [0.2, 0.25) is 0 Å². The van der Waals surface area contributed by atoms with Crippen LogP contribution < -0.4 is 10.0 Å². The Balaban J connectivity index is 0.000000454. The van der Waals surface area contributed by atoms with Crippen molar-refractivity contribution in [1.82, 2.24) is 0 Å². The van der Waals surface area contributed by atoms with Crippen molar-refractivity contribution >= 4 is 45.8 Å². The molecule has 0 aliphatic rings. The second-order valence-electron chi connectivity index (χ2n) is 14.6. The Bertz CT molecular complexity index is 2150. The molecule has 7 aromatic carbocycles. The molecule has 0 fully saturated rings. The molecule has 317 valence electrons. The van der Waals surface area contributed by atoms with Gasteiger partial charge in [0.05, 0.1) is 7.11 Å². The van der Waals surface area contributed by atoms with E-state index in [4.69, 9.17) is 4.74 Å². The Morgan fingerprint density at radius 3 is 1.68 bits per heavy atom. The average Bonchev–Trinajstić information content (AvgIpc) is 3.21. The van der Waals surface area contributed by atoms with Crippen LogP contribution in [0.25, 0.3) is 32.7 Å². The van der Waals surface area contributed by atoms with Crippen molar-refractivity contribution in [2.24, 2.45) is 11.8 Å². The molecule has 7 rings (SSSR count). The van der Waals surface area contributed by atoms with E-state index in [1.807, 2.05) is 59.8 Å². The third kappa shape index (κ3) is 14.9. The first-order valence-electron chi connectivity index (χ1n) is 18.6. The summed E-state index contributed by atoms with van der Waals surface area (Å²) in [5.41, 5.74) is 10.0. The van der Waals surface area contributed by atoms with Crippen LogP contribution in [0.1, 0.15) is 52.8 Å². The van der Waals surface area contributed by atoms with Gasteiger partial charge in [-0.1, -0.05) is 144 Å². The zero-order valence-corrected chi connectivity index (χ0v) is 40.2. The van der Waals surface area contributed by atoms with Gasteiger partial charge in [0.2, 0.25) is 0 Å². The maximum atomic E-state index is 9.24. The predicted molar refractivity (Wildman–Crippen MR) is 241 cm³/mol. The molecular formula is C51H53Ar3ClO2PRu-4. The van der Waals surface area contributed by atoms with Crippen LogP contribution in [0.4, 0.5) is 0 Å². The van der Waals surface area contributed by atoms with Crippen molar-refractivity contribution in [2.45, 2.75) is 46.6 Å². The quantitative estimate of drug-likeness (QED) is 0.0980. The fourth-order valence-corrected chi connectivity index (χ4v) is 7.64. The number of aliphatic hydroxyl groups excluding tert-OH is 1. The van der Waals surface area contributed by atoms with Gasteiger partial charge >= 0.3 is 27.0 Å². The molecule has 3 atom stereocenters. The van der Waals surface area contributed by atoms with E-state index in [9.17, 15) is 5.11 Å². The molecule has 8 heteroatoms. The van der Waals surface area contributed by atoms with Crippen molar-refractivity contribution in [1.29, 1.82) is 0 Å². The van der Waals surface area contributed by atoms with Crippen molar-refractivity contribution in [3.63, 3.8) is 0 Å². The number of rotatable bonds is 7. The summed E-state index contributed by atoms with van der Waals surface area (Å²) in [6.45, 7) is 23.9. The van der Waals surface area contributed by atoms with Gasteiger partial charge in [0.15, 0.2) is 0 Å². The van der Waals surface area contributed by atoms with E-state index in [2.05, 4.69) is 171 Å². The van der Waals surface area contributed by atoms with E-state index in [-0.39, 0.29) is 126 Å². The Hall–Kier alpha value is -0.187. The second kappa shape index (κ2) is 27.9. The molecule has 2 unspecified atom stereocenters. The summed E-state index contributed by atoms with van der Waals surface area (Å²) < 4.78 is 5.25. The van der Waals surface area contributed by atoms with Crippen LogP contribution >= 0.6 is 18.9 Å². The Labute approximate surface area is 461 Å². The third-order valence-electron chi connectivity index (χ3n) is 10.2. The average molecular weight is 985 g/mol. The van der Waals surface area contributed by atoms with E-state index >= 15 is 0 Å². The van der Waals surface area contributed by atoms with Crippen molar-refractivity contribution in [2.75, 3.05) is 7.11 Å². The minimum absolute atomic E-state index is 0. The molecule has 0 saturated heterocycles. The van der Waals surface area contributed by atoms with Gasteiger partial charge in [0.25, 0.3) is 0 Å². The van der Waals surface area contributed by atoms with Gasteiger partial charge in [0.1, 0.15) is 5.75 Å². The van der Waals surface area contributed by atoms with Gasteiger partial charge < -0.3 is 23.7 Å². The molecule has 0 aliphatic heterocycles. The molecule has 0 bridgehead atoms. The predicted octanol–water partition coefficient (Wildman–Crippen LogP) is 12.9. The molecule has 7 aromatic rings. The second-order valence-corrected chi connectivity index (χ2v) is 15.2. The summed E-state index contributed by atoms with van der Waals surface area (Å²) in [7, 11) is 9.11. The van der Waals surface area contributed by atoms with Crippen LogP contribution in [0, 0.1) is 173 Å². The first kappa shape index (κ1) is 56.8. The number of aryl methyl sites for hydroxylation is 3. The van der Waals surface area contributed by atoms with E-state index in [0.29, 0.717) is 5.92 Å². The molecule has 0 saturated carbocycles. The van der Waals surface area contributed by atoms with E-state index in [0.717, 1.165) is 28.0 Å². The molecule has 59 heavy (non-hydrogen) atoms. The number of fused-ring (bicyclic) bond motifs is 2. The van der Waals surface area contributed by atoms with Crippen molar-refractivity contribution in [3.8, 4) is 16.9 Å². The van der Waals surface area contributed by atoms with Crippen molar-refractivity contribution < 1.29 is 140 Å². The number of methoxy groups -OCH3 is 1. The summed E-state index contributed by atoms with van der Waals surface area (Å²) in [5, 5.41) is 15.5. The molecule has 0 spiro atoms. The zero-order valence-electron chi connectivity index (χ0n) is 34.4. The molecule has 0 aliphatic carbocycles. The summed E-state index contributed by atoms with van der Waals surface area (Å²) in [6, 6.07) is 49.3. The van der Waals surface area contributed by atoms with E-state index in [1.54, 1.807) is 7.11 Å². The number of aliphatic hydroxyl groups is 1. The summed E-state index contributed by atoms with van der Waals surface area (Å²) in [4.78, 5) is 0. The fourth-order valence-electron chi connectivity index (χ4n) is 7.24. The number of ether oxygens (including phenoxy) is 1. The zero-order chi connectivity index (χ0) is 41.0. The first-order valence-corrected chi connectivity index (χ1v) is 21.4. The van der Waals surface area contributed by atoms with E-state index in [1.165, 1.54) is 54.7 Å². The van der Waals surface area contributed by atoms with Crippen molar-refractivity contribution in [3.05, 3.63) is 199 Å². The van der Waals surface area contributed by atoms with Gasteiger partial charge in [-0.2, -0.15) is 59.7 Å². The van der Waals surface area contributed by atoms with Gasteiger partial charge in [0, 0.05) is 120 Å². The molecule has 0 radical (unpaired) electrons. The molecule has 1 N–H and O–H groups in total. The van der Waals surface area contributed by atoms with E-state index < -0.39 is 5.41 Å². The van der Waals surface area contributed by atoms with Crippen LogP contribution in [0.3, 0.4) is 0 Å². The SMILES string of the molecule is Cc1cc(C)cc(C)c1.[Ar].[Ar].[Ar].[CH2-][C@@H](C(C)C)C([CH2-])(c1[c-]cc(CO)cc1)c1ccc(OC)cc1.[CH2-]c1ccc2ccccc2c1-c1c(P)ccc2ccccc12.[Cl][Ru]. The third-order valence-corrected chi connectivity index (χ3v) is 10.7. The van der Waals surface area contributed by atoms with Gasteiger partial charge in [-0.3, -0.25) is 0 Å². The Morgan fingerprint density at radius 2 is 1.22 bits per heavy atom. The van der Waals surface area contributed by atoms with Crippen LogP contribution in [0.5, 0.6) is 5.75 Å². The minimum atomic E-state index is -0.506. The number of benzene rings is 7. The Kier molecular flexibility index (Phi) is 26.9. The number of hydrogen-bond donors (Lipinski definition) is 1. The van der Waals surface area contributed by atoms with Crippen LogP contribution in [-0.2, 0) is 29.3 Å². The van der Waals surface area contributed by atoms with Gasteiger partial charge in [-0.15, -0.1) is 26.4 Å². The monoisotopic (exact) mass is 985 g/mol. The standard InChI is InChI=1S/C21H25O2.C21H16P.C9H12.3Ar.ClH.Ru/c1-15(2)16(3)21(4,18-8-6-17(14-22)7-9-18)19-10-12-20(23-5)13-11-19;1-14-10-11-15-6-2-4-8-17(15)20(14)21-18-9-5-3-7-16(18)12-13-19(21)22;1-7-4-8(2)6-9(3)5-7;;;;;/h6-8,10-13,15-16,22H,3-4,14H2,1-2,5H3;2-13H,1,22H2;4-6H,1-3H3;;;;1H;/q-3;-1;;;;;;+1/p-1/t16-,21?;;;;;;;/m0......./s1. The first-order chi connectivity index (χ1) is 26.9. The fraction of sp³-hybridized carbons (Fsp3) is 0.196. The number of halogens is 1. The number of hydrogen-bond acceptors (Lipinski definition) is 2. The molecule has 2 nitrogen and oxygen atoms in total. The van der Waals surface area contributed by atoms with Gasteiger partial charge in [-0.25, -0.2) is 0 Å². The summed E-state index contributed by atoms with van der Waals surface area (Å²) in [5.74, 6) is 1.26. The van der Waals surface area contributed by atoms with Gasteiger partial charge in [-0.05, 0) is 54.4 Å². The molecule has 0 aromatic heterocycles. The maximum absolute atomic E-state index is 9.24. The summed E-state index contributed by atoms with van der Waals surface area (Å²) in [6.07, 6.45) is 0. The topological polar surface area (TPSA) is 29.5 Å². The summed E-state index contributed by atoms with van der Waals surface area (Å²) >= 11 is 1.82. The molecule has 0 amide bonds. The normalized spacial score (nSPS) is 11.7. The molecule has 0 heterocycles. The van der Waals surface area contributed by atoms with Crippen LogP contribution in [0.15, 0.2) is 133 Å². The van der Waals surface area contributed by atoms with Crippen LogP contribution in [-0.4, -0.2) is 12.2 Å². The molecular weight excluding hydrogens is 932 g/mol.